The topological polar surface area (TPSA) is 115 Å². The fraction of sp³-hybridized carbons (Fsp3) is 0.357. The molecule has 0 aliphatic rings. The minimum atomic E-state index is -0.481. The van der Waals surface area contributed by atoms with Crippen LogP contribution in [0.2, 0.25) is 0 Å². The summed E-state index contributed by atoms with van der Waals surface area (Å²) < 4.78 is 1.41. The molecule has 1 aromatic carbocycles. The van der Waals surface area contributed by atoms with E-state index in [1.807, 2.05) is 7.05 Å². The molecule has 0 aliphatic heterocycles. The summed E-state index contributed by atoms with van der Waals surface area (Å²) >= 11 is 0. The number of nitrogens with zero attached hydrogens (tertiary/aromatic N) is 4. The number of carbonyl (C=O) groups is 1. The molecule has 23 heavy (non-hydrogen) atoms. The fourth-order valence-corrected chi connectivity index (χ4v) is 2.07. The second-order valence-corrected chi connectivity index (χ2v) is 4.93. The number of amides is 1. The van der Waals surface area contributed by atoms with E-state index in [1.165, 1.54) is 16.8 Å². The number of rotatable bonds is 7. The molecule has 0 spiro atoms. The van der Waals surface area contributed by atoms with Crippen molar-refractivity contribution in [1.29, 1.82) is 0 Å². The van der Waals surface area contributed by atoms with E-state index >= 15 is 0 Å². The van der Waals surface area contributed by atoms with E-state index in [2.05, 4.69) is 20.9 Å². The van der Waals surface area contributed by atoms with Crippen molar-refractivity contribution in [3.05, 3.63) is 45.8 Å². The number of nitrogens with one attached hydrogen (secondary N) is 2. The predicted octanol–water partition coefficient (Wildman–Crippen LogP) is 0.823. The van der Waals surface area contributed by atoms with E-state index in [0.717, 1.165) is 13.0 Å². The van der Waals surface area contributed by atoms with Gasteiger partial charge in [-0.05, 0) is 33.0 Å². The molecule has 0 saturated carbocycles. The van der Waals surface area contributed by atoms with Crippen LogP contribution in [-0.2, 0) is 0 Å². The Labute approximate surface area is 132 Å². The van der Waals surface area contributed by atoms with Crippen LogP contribution in [0.4, 0.5) is 5.69 Å². The number of hydrogen-bond acceptors (Lipinski definition) is 6. The van der Waals surface area contributed by atoms with Gasteiger partial charge in [-0.3, -0.25) is 14.9 Å². The van der Waals surface area contributed by atoms with E-state index in [9.17, 15) is 14.9 Å². The minimum absolute atomic E-state index is 0.0459. The summed E-state index contributed by atoms with van der Waals surface area (Å²) in [6.07, 6.45) is 0.806. The first-order valence-corrected chi connectivity index (χ1v) is 7.14. The van der Waals surface area contributed by atoms with Crippen molar-refractivity contribution in [3.63, 3.8) is 0 Å². The Morgan fingerprint density at radius 3 is 2.87 bits per heavy atom. The summed E-state index contributed by atoms with van der Waals surface area (Å²) in [4.78, 5) is 22.5. The van der Waals surface area contributed by atoms with E-state index in [1.54, 1.807) is 19.1 Å². The van der Waals surface area contributed by atoms with Gasteiger partial charge < -0.3 is 10.6 Å². The molecule has 0 aliphatic carbocycles. The monoisotopic (exact) mass is 318 g/mol. The molecule has 1 amide bonds. The zero-order valence-electron chi connectivity index (χ0n) is 12.9. The van der Waals surface area contributed by atoms with Crippen LogP contribution in [-0.4, -0.2) is 46.0 Å². The van der Waals surface area contributed by atoms with Gasteiger partial charge in [-0.1, -0.05) is 11.3 Å². The van der Waals surface area contributed by atoms with Gasteiger partial charge in [0.15, 0.2) is 5.69 Å². The Hall–Kier alpha value is -2.81. The second-order valence-electron chi connectivity index (χ2n) is 4.93. The number of aromatic nitrogens is 3. The van der Waals surface area contributed by atoms with Crippen molar-refractivity contribution < 1.29 is 9.72 Å². The first-order valence-electron chi connectivity index (χ1n) is 7.14. The highest BCUT2D eigenvalue weighted by Gasteiger charge is 2.18. The van der Waals surface area contributed by atoms with Crippen LogP contribution < -0.4 is 10.6 Å². The Balaban J connectivity index is 2.17. The Kier molecular flexibility index (Phi) is 5.36. The van der Waals surface area contributed by atoms with Gasteiger partial charge in [0.2, 0.25) is 0 Å². The lowest BCUT2D eigenvalue weighted by molar-refractivity contribution is -0.384. The number of carbonyl (C=O) groups excluding carboxylic acids is 1. The van der Waals surface area contributed by atoms with E-state index < -0.39 is 4.92 Å². The van der Waals surface area contributed by atoms with Crippen molar-refractivity contribution in [2.24, 2.45) is 0 Å². The van der Waals surface area contributed by atoms with Gasteiger partial charge in [-0.25, -0.2) is 4.68 Å². The molecule has 0 saturated heterocycles. The zero-order chi connectivity index (χ0) is 16.8. The molecular weight excluding hydrogens is 300 g/mol. The van der Waals surface area contributed by atoms with Crippen LogP contribution in [0.5, 0.6) is 0 Å². The molecular formula is C14H18N6O3. The number of nitro groups is 1. The number of nitro benzene ring substituents is 1. The van der Waals surface area contributed by atoms with Gasteiger partial charge in [-0.15, -0.1) is 5.10 Å². The highest BCUT2D eigenvalue weighted by molar-refractivity contribution is 5.93. The third kappa shape index (κ3) is 3.89. The largest absolute Gasteiger partial charge is 0.351 e. The van der Waals surface area contributed by atoms with Crippen molar-refractivity contribution in [3.8, 4) is 5.69 Å². The summed E-state index contributed by atoms with van der Waals surface area (Å²) in [5.41, 5.74) is 1.17. The SMILES string of the molecule is CNCCCNC(=O)c1nnn(-c2cccc([N+](=O)[O-])c2)c1C. The first-order chi connectivity index (χ1) is 11.0. The number of hydrogen-bond donors (Lipinski definition) is 2. The first kappa shape index (κ1) is 16.6. The fourth-order valence-electron chi connectivity index (χ4n) is 2.07. The quantitative estimate of drug-likeness (QED) is 0.444. The summed E-state index contributed by atoms with van der Waals surface area (Å²) in [5.74, 6) is -0.310. The molecule has 0 radical (unpaired) electrons. The van der Waals surface area contributed by atoms with Gasteiger partial charge in [-0.2, -0.15) is 0 Å². The molecule has 9 nitrogen and oxygen atoms in total. The lowest BCUT2D eigenvalue weighted by Crippen LogP contribution is -2.27. The molecule has 9 heteroatoms. The average Bonchev–Trinajstić information content (AvgIpc) is 2.93. The Bertz CT molecular complexity index is 712. The van der Waals surface area contributed by atoms with E-state index in [-0.39, 0.29) is 17.3 Å². The van der Waals surface area contributed by atoms with Gasteiger partial charge in [0.05, 0.1) is 16.3 Å². The van der Waals surface area contributed by atoms with Crippen LogP contribution in [0.15, 0.2) is 24.3 Å². The molecule has 2 aromatic rings. The maximum Gasteiger partial charge on any atom is 0.273 e. The Morgan fingerprint density at radius 1 is 1.39 bits per heavy atom. The van der Waals surface area contributed by atoms with Crippen molar-refractivity contribution in [2.45, 2.75) is 13.3 Å². The van der Waals surface area contributed by atoms with Gasteiger partial charge in [0.25, 0.3) is 11.6 Å². The standard InChI is InChI=1S/C14H18N6O3/c1-10-13(14(21)16-8-4-7-15-2)17-18-19(10)11-5-3-6-12(9-11)20(22)23/h3,5-6,9,15H,4,7-8H2,1-2H3,(H,16,21). The van der Waals surface area contributed by atoms with Crippen LogP contribution >= 0.6 is 0 Å². The predicted molar refractivity (Wildman–Crippen MR) is 83.6 cm³/mol. The average molecular weight is 318 g/mol. The summed E-state index contributed by atoms with van der Waals surface area (Å²) in [6.45, 7) is 3.03. The maximum atomic E-state index is 12.1. The summed E-state index contributed by atoms with van der Waals surface area (Å²) in [7, 11) is 1.84. The van der Waals surface area contributed by atoms with Crippen molar-refractivity contribution in [2.75, 3.05) is 20.1 Å². The number of benzene rings is 1. The van der Waals surface area contributed by atoms with Gasteiger partial charge >= 0.3 is 0 Å². The normalized spacial score (nSPS) is 10.5. The summed E-state index contributed by atoms with van der Waals surface area (Å²) in [6, 6.07) is 6.01. The highest BCUT2D eigenvalue weighted by atomic mass is 16.6. The molecule has 2 N–H and O–H groups in total. The zero-order valence-corrected chi connectivity index (χ0v) is 12.9. The molecule has 0 atom stereocenters. The molecule has 0 unspecified atom stereocenters. The molecule has 2 rings (SSSR count). The van der Waals surface area contributed by atoms with Gasteiger partial charge in [0.1, 0.15) is 0 Å². The summed E-state index contributed by atoms with van der Waals surface area (Å²) in [5, 5.41) is 24.4. The highest BCUT2D eigenvalue weighted by Crippen LogP contribution is 2.18. The minimum Gasteiger partial charge on any atom is -0.351 e. The lowest BCUT2D eigenvalue weighted by atomic mass is 10.2. The van der Waals surface area contributed by atoms with Crippen LogP contribution in [0.3, 0.4) is 0 Å². The smallest absolute Gasteiger partial charge is 0.273 e. The van der Waals surface area contributed by atoms with E-state index in [0.29, 0.717) is 17.9 Å². The molecule has 122 valence electrons. The Morgan fingerprint density at radius 2 is 2.17 bits per heavy atom. The van der Waals surface area contributed by atoms with Crippen LogP contribution in [0.1, 0.15) is 22.6 Å². The van der Waals surface area contributed by atoms with Crippen molar-refractivity contribution in [1.82, 2.24) is 25.6 Å². The molecule has 0 fully saturated rings. The third-order valence-corrected chi connectivity index (χ3v) is 3.28. The molecule has 0 bridgehead atoms. The van der Waals surface area contributed by atoms with Gasteiger partial charge in [0, 0.05) is 18.7 Å². The lowest BCUT2D eigenvalue weighted by Gasteiger charge is -2.05. The molecule has 1 aromatic heterocycles. The maximum absolute atomic E-state index is 12.1. The second kappa shape index (κ2) is 7.45. The van der Waals surface area contributed by atoms with Crippen molar-refractivity contribution >= 4 is 11.6 Å². The molecule has 1 heterocycles. The van der Waals surface area contributed by atoms with Crippen LogP contribution in [0, 0.1) is 17.0 Å². The third-order valence-electron chi connectivity index (χ3n) is 3.28. The van der Waals surface area contributed by atoms with E-state index in [4.69, 9.17) is 0 Å². The van der Waals surface area contributed by atoms with Crippen LogP contribution in [0.25, 0.3) is 5.69 Å². The number of non-ortho nitro benzene ring substituents is 1.